The van der Waals surface area contributed by atoms with Crippen molar-refractivity contribution < 1.29 is 14.2 Å². The summed E-state index contributed by atoms with van der Waals surface area (Å²) in [5.74, 6) is 3.55. The van der Waals surface area contributed by atoms with Crippen LogP contribution >= 0.6 is 11.3 Å². The maximum Gasteiger partial charge on any atom is 0.231 e. The molecule has 4 fully saturated rings. The number of thiazole rings is 1. The zero-order chi connectivity index (χ0) is 25.2. The zero-order valence-electron chi connectivity index (χ0n) is 21.8. The van der Waals surface area contributed by atoms with Gasteiger partial charge in [0.25, 0.3) is 0 Å². The summed E-state index contributed by atoms with van der Waals surface area (Å²) in [4.78, 5) is 6.62. The van der Waals surface area contributed by atoms with Gasteiger partial charge in [-0.3, -0.25) is 0 Å². The van der Waals surface area contributed by atoms with Crippen molar-refractivity contribution >= 4 is 38.1 Å². The second kappa shape index (κ2) is 10.7. The number of ether oxygens (including phenoxy) is 3. The molecule has 7 rings (SSSR count). The topological polar surface area (TPSA) is 68.5 Å². The molecule has 0 atom stereocenters. The third-order valence-corrected chi connectivity index (χ3v) is 8.98. The standard InChI is InChI=1S/C29H36N4O3S/c1-33(2)24-5-3-23(4-6-24)31-32-28-30-26-8-7-25(16-27(26)37-28)35-11-9-34-10-12-36-29-17-20-13-21(18-29)15-22(14-20)19-29/h3-8,16,20-22H,9-15,17-19H2,1-2H3. The predicted molar refractivity (Wildman–Crippen MR) is 148 cm³/mol. The molecule has 0 amide bonds. The summed E-state index contributed by atoms with van der Waals surface area (Å²) in [7, 11) is 4.03. The second-order valence-corrected chi connectivity index (χ2v) is 12.2. The number of fused-ring (bicyclic) bond motifs is 1. The van der Waals surface area contributed by atoms with E-state index in [2.05, 4.69) is 20.1 Å². The summed E-state index contributed by atoms with van der Waals surface area (Å²) in [5.41, 5.74) is 2.99. The number of hydrogen-bond donors (Lipinski definition) is 0. The number of azo groups is 1. The number of aromatic nitrogens is 1. The van der Waals surface area contributed by atoms with Crippen molar-refractivity contribution in [1.29, 1.82) is 0 Å². The fourth-order valence-electron chi connectivity index (χ4n) is 6.79. The Labute approximate surface area is 222 Å². The van der Waals surface area contributed by atoms with Crippen LogP contribution in [0.1, 0.15) is 38.5 Å². The molecule has 4 aliphatic rings. The van der Waals surface area contributed by atoms with Crippen LogP contribution in [0.15, 0.2) is 52.7 Å². The van der Waals surface area contributed by atoms with Gasteiger partial charge in [-0.15, -0.1) is 10.2 Å². The molecule has 1 aromatic heterocycles. The fourth-order valence-corrected chi connectivity index (χ4v) is 7.60. The Morgan fingerprint density at radius 1 is 0.892 bits per heavy atom. The first-order chi connectivity index (χ1) is 18.0. The maximum atomic E-state index is 6.43. The lowest BCUT2D eigenvalue weighted by molar-refractivity contribution is -0.169. The summed E-state index contributed by atoms with van der Waals surface area (Å²) in [5, 5.41) is 9.29. The molecule has 0 saturated heterocycles. The average Bonchev–Trinajstić information content (AvgIpc) is 3.28. The van der Waals surface area contributed by atoms with E-state index < -0.39 is 0 Å². The van der Waals surface area contributed by atoms with Crippen molar-refractivity contribution in [2.75, 3.05) is 45.4 Å². The van der Waals surface area contributed by atoms with Crippen molar-refractivity contribution in [3.8, 4) is 5.75 Å². The highest BCUT2D eigenvalue weighted by Gasteiger charge is 2.51. The first-order valence-electron chi connectivity index (χ1n) is 13.5. The minimum atomic E-state index is 0.161. The first kappa shape index (κ1) is 24.8. The fraction of sp³-hybridized carbons (Fsp3) is 0.552. The van der Waals surface area contributed by atoms with Crippen LogP contribution in [0, 0.1) is 17.8 Å². The highest BCUT2D eigenvalue weighted by molar-refractivity contribution is 7.21. The number of hydrogen-bond acceptors (Lipinski definition) is 8. The van der Waals surface area contributed by atoms with Crippen molar-refractivity contribution in [1.82, 2.24) is 4.98 Å². The summed E-state index contributed by atoms with van der Waals surface area (Å²) < 4.78 is 19.2. The van der Waals surface area contributed by atoms with Crippen LogP contribution in [0.2, 0.25) is 0 Å². The molecule has 196 valence electrons. The van der Waals surface area contributed by atoms with Gasteiger partial charge in [0.15, 0.2) is 0 Å². The molecule has 8 heteroatoms. The summed E-state index contributed by atoms with van der Waals surface area (Å²) in [6, 6.07) is 13.9. The van der Waals surface area contributed by atoms with Gasteiger partial charge in [-0.05, 0) is 98.7 Å². The highest BCUT2D eigenvalue weighted by atomic mass is 32.1. The van der Waals surface area contributed by atoms with Gasteiger partial charge < -0.3 is 19.1 Å². The maximum absolute atomic E-state index is 6.43. The van der Waals surface area contributed by atoms with Gasteiger partial charge in [-0.25, -0.2) is 4.98 Å². The van der Waals surface area contributed by atoms with Gasteiger partial charge in [0.1, 0.15) is 12.4 Å². The molecule has 7 nitrogen and oxygen atoms in total. The molecule has 1 heterocycles. The van der Waals surface area contributed by atoms with Gasteiger partial charge >= 0.3 is 0 Å². The van der Waals surface area contributed by atoms with E-state index >= 15 is 0 Å². The van der Waals surface area contributed by atoms with E-state index in [-0.39, 0.29) is 5.60 Å². The van der Waals surface area contributed by atoms with Gasteiger partial charge in [0.05, 0.1) is 41.3 Å². The van der Waals surface area contributed by atoms with Crippen molar-refractivity contribution in [3.05, 3.63) is 42.5 Å². The Bertz CT molecular complexity index is 1200. The Morgan fingerprint density at radius 3 is 2.30 bits per heavy atom. The van der Waals surface area contributed by atoms with E-state index in [0.717, 1.165) is 45.1 Å². The number of anilines is 1. The molecule has 0 radical (unpaired) electrons. The molecule has 3 aromatic rings. The average molecular weight is 521 g/mol. The molecule has 0 N–H and O–H groups in total. The number of benzene rings is 2. The van der Waals surface area contributed by atoms with E-state index in [4.69, 9.17) is 14.2 Å². The Balaban J connectivity index is 0.933. The molecule has 4 aliphatic carbocycles. The number of nitrogens with zero attached hydrogens (tertiary/aromatic N) is 4. The van der Waals surface area contributed by atoms with Gasteiger partial charge in [0.2, 0.25) is 5.13 Å². The normalized spacial score (nSPS) is 26.4. The molecule has 37 heavy (non-hydrogen) atoms. The van der Waals surface area contributed by atoms with Gasteiger partial charge in [-0.1, -0.05) is 11.3 Å². The van der Waals surface area contributed by atoms with E-state index in [1.807, 2.05) is 56.6 Å². The molecular formula is C29H36N4O3S. The van der Waals surface area contributed by atoms with E-state index in [1.54, 1.807) is 0 Å². The smallest absolute Gasteiger partial charge is 0.231 e. The SMILES string of the molecule is CN(C)c1ccc(N=Nc2nc3ccc(OCCOCCOC45CC6CC(CC(C6)C4)C5)cc3s2)cc1. The zero-order valence-corrected chi connectivity index (χ0v) is 22.6. The van der Waals surface area contributed by atoms with Crippen molar-refractivity contribution in [3.63, 3.8) is 0 Å². The Morgan fingerprint density at radius 2 is 1.59 bits per heavy atom. The van der Waals surface area contributed by atoms with Crippen LogP contribution < -0.4 is 9.64 Å². The molecule has 0 unspecified atom stereocenters. The minimum absolute atomic E-state index is 0.161. The molecular weight excluding hydrogens is 484 g/mol. The number of rotatable bonds is 11. The third-order valence-electron chi connectivity index (χ3n) is 8.08. The predicted octanol–water partition coefficient (Wildman–Crippen LogP) is 7.16. The highest BCUT2D eigenvalue weighted by Crippen LogP contribution is 2.57. The molecule has 0 aliphatic heterocycles. The Hall–Kier alpha value is -2.55. The monoisotopic (exact) mass is 520 g/mol. The third kappa shape index (κ3) is 5.81. The van der Waals surface area contributed by atoms with Crippen LogP contribution in [0.3, 0.4) is 0 Å². The first-order valence-corrected chi connectivity index (χ1v) is 14.3. The molecule has 4 saturated carbocycles. The summed E-state index contributed by atoms with van der Waals surface area (Å²) >= 11 is 1.50. The lowest BCUT2D eigenvalue weighted by Crippen LogP contribution is -2.52. The van der Waals surface area contributed by atoms with Crippen LogP contribution in [0.5, 0.6) is 5.75 Å². The molecule has 2 aromatic carbocycles. The van der Waals surface area contributed by atoms with Crippen LogP contribution in [0.4, 0.5) is 16.5 Å². The summed E-state index contributed by atoms with van der Waals surface area (Å²) in [6.07, 6.45) is 8.15. The minimum Gasteiger partial charge on any atom is -0.491 e. The quantitative estimate of drug-likeness (QED) is 0.198. The van der Waals surface area contributed by atoms with Gasteiger partial charge in [-0.2, -0.15) is 0 Å². The Kier molecular flexibility index (Phi) is 7.14. The van der Waals surface area contributed by atoms with E-state index in [9.17, 15) is 0 Å². The van der Waals surface area contributed by atoms with Gasteiger partial charge in [0, 0.05) is 19.8 Å². The van der Waals surface area contributed by atoms with E-state index in [0.29, 0.717) is 31.6 Å². The summed E-state index contributed by atoms with van der Waals surface area (Å²) in [6.45, 7) is 2.38. The van der Waals surface area contributed by atoms with Crippen LogP contribution in [-0.4, -0.2) is 51.1 Å². The molecule has 4 bridgehead atoms. The lowest BCUT2D eigenvalue weighted by atomic mass is 9.54. The van der Waals surface area contributed by atoms with Crippen LogP contribution in [0.25, 0.3) is 10.2 Å². The van der Waals surface area contributed by atoms with E-state index in [1.165, 1.54) is 49.9 Å². The lowest BCUT2D eigenvalue weighted by Gasteiger charge is -2.56. The largest absolute Gasteiger partial charge is 0.491 e. The molecule has 0 spiro atoms. The van der Waals surface area contributed by atoms with Crippen LogP contribution in [-0.2, 0) is 9.47 Å². The second-order valence-electron chi connectivity index (χ2n) is 11.1. The van der Waals surface area contributed by atoms with Crippen molar-refractivity contribution in [2.45, 2.75) is 44.1 Å². The van der Waals surface area contributed by atoms with Crippen molar-refractivity contribution in [2.24, 2.45) is 28.0 Å².